The van der Waals surface area contributed by atoms with Gasteiger partial charge in [0.05, 0.1) is 0 Å². The van der Waals surface area contributed by atoms with Crippen LogP contribution in [0, 0.1) is 0 Å². The van der Waals surface area contributed by atoms with Crippen LogP contribution in [0.15, 0.2) is 30.3 Å². The van der Waals surface area contributed by atoms with Gasteiger partial charge in [-0.1, -0.05) is 0 Å². The van der Waals surface area contributed by atoms with Gasteiger partial charge < -0.3 is 0 Å². The molecule has 0 aliphatic heterocycles. The Morgan fingerprint density at radius 1 is 0.786 bits per heavy atom. The number of rotatable bonds is 9. The second-order valence-electron chi connectivity index (χ2n) is 5.57. The predicted octanol–water partition coefficient (Wildman–Crippen LogP) is 3.00. The summed E-state index contributed by atoms with van der Waals surface area (Å²) in [6.07, 6.45) is 3.22. The standard InChI is InChI=1S/C21H24O6Se/c1-23-16-9-13(10-17(24-2)20(16)26-4)7-8-15(22)14-11-18(25-3)21(27-5)19(12-14)28-6/h7-12H,1-6H3/b8-7+. The summed E-state index contributed by atoms with van der Waals surface area (Å²) >= 11 is 0.148. The average Bonchev–Trinajstić information content (AvgIpc) is 2.75. The first-order valence-electron chi connectivity index (χ1n) is 8.35. The molecule has 6 nitrogen and oxygen atoms in total. The molecule has 0 unspecified atom stereocenters. The van der Waals surface area contributed by atoms with Gasteiger partial charge in [-0.05, 0) is 0 Å². The van der Waals surface area contributed by atoms with E-state index in [1.807, 2.05) is 6.07 Å². The van der Waals surface area contributed by atoms with Gasteiger partial charge in [0.25, 0.3) is 0 Å². The normalized spacial score (nSPS) is 10.6. The van der Waals surface area contributed by atoms with E-state index in [9.17, 15) is 4.79 Å². The first kappa shape index (κ1) is 21.7. The van der Waals surface area contributed by atoms with Crippen LogP contribution in [0.1, 0.15) is 15.9 Å². The van der Waals surface area contributed by atoms with Gasteiger partial charge in [-0.2, -0.15) is 0 Å². The average molecular weight is 451 g/mol. The van der Waals surface area contributed by atoms with Gasteiger partial charge in [-0.25, -0.2) is 0 Å². The minimum absolute atomic E-state index is 0.139. The molecule has 7 heteroatoms. The first-order valence-corrected chi connectivity index (χ1v) is 10.9. The number of allylic oxidation sites excluding steroid dienone is 1. The van der Waals surface area contributed by atoms with Crippen molar-refractivity contribution < 1.29 is 28.5 Å². The first-order chi connectivity index (χ1) is 13.5. The van der Waals surface area contributed by atoms with Crippen LogP contribution in [-0.2, 0) is 0 Å². The molecule has 0 saturated heterocycles. The van der Waals surface area contributed by atoms with E-state index < -0.39 is 0 Å². The van der Waals surface area contributed by atoms with Gasteiger partial charge in [0.15, 0.2) is 0 Å². The summed E-state index contributed by atoms with van der Waals surface area (Å²) in [5.74, 6) is 4.70. The predicted molar refractivity (Wildman–Crippen MR) is 110 cm³/mol. The summed E-state index contributed by atoms with van der Waals surface area (Å²) in [4.78, 5) is 12.7. The number of methoxy groups -OCH3 is 5. The molecule has 0 fully saturated rings. The molecule has 0 amide bonds. The Morgan fingerprint density at radius 2 is 1.32 bits per heavy atom. The van der Waals surface area contributed by atoms with Gasteiger partial charge in [0.2, 0.25) is 0 Å². The van der Waals surface area contributed by atoms with E-state index in [1.54, 1.807) is 59.8 Å². The summed E-state index contributed by atoms with van der Waals surface area (Å²) in [5.41, 5.74) is 1.29. The summed E-state index contributed by atoms with van der Waals surface area (Å²) in [5, 5.41) is 0. The molecule has 0 spiro atoms. The molecule has 0 atom stereocenters. The molecule has 0 aromatic heterocycles. The van der Waals surface area contributed by atoms with Gasteiger partial charge in [0.1, 0.15) is 0 Å². The molecule has 2 rings (SSSR count). The number of benzene rings is 2. The number of carbonyl (C=O) groups excluding carboxylic acids is 1. The quantitative estimate of drug-likeness (QED) is 0.332. The van der Waals surface area contributed by atoms with Gasteiger partial charge >= 0.3 is 171 Å². The van der Waals surface area contributed by atoms with Crippen molar-refractivity contribution in [2.24, 2.45) is 0 Å². The van der Waals surface area contributed by atoms with Gasteiger partial charge in [0, 0.05) is 0 Å². The molecule has 0 heterocycles. The van der Waals surface area contributed by atoms with Crippen molar-refractivity contribution in [2.75, 3.05) is 35.5 Å². The van der Waals surface area contributed by atoms with Crippen molar-refractivity contribution in [1.82, 2.24) is 0 Å². The van der Waals surface area contributed by atoms with Crippen molar-refractivity contribution in [3.63, 3.8) is 0 Å². The molecule has 2 aromatic carbocycles. The van der Waals surface area contributed by atoms with E-state index in [0.717, 1.165) is 10.0 Å². The molecule has 2 aromatic rings. The molecule has 28 heavy (non-hydrogen) atoms. The molecular weight excluding hydrogens is 427 g/mol. The molecule has 0 bridgehead atoms. The third-order valence-corrected chi connectivity index (χ3v) is 5.62. The zero-order valence-corrected chi connectivity index (χ0v) is 18.5. The second-order valence-corrected chi connectivity index (χ2v) is 7.35. The van der Waals surface area contributed by atoms with Crippen LogP contribution < -0.4 is 28.1 Å². The number of ketones is 1. The molecule has 0 saturated carbocycles. The SMILES string of the molecule is COc1cc(/C=C/C(=O)c2cc(OC)c(OC)c([Se]C)c2)cc(OC)c1OC. The Bertz CT molecular complexity index is 825. The van der Waals surface area contributed by atoms with E-state index in [1.165, 1.54) is 6.08 Å². The maximum absolute atomic E-state index is 12.7. The molecule has 0 aliphatic carbocycles. The van der Waals surface area contributed by atoms with Crippen molar-refractivity contribution in [3.8, 4) is 28.7 Å². The maximum atomic E-state index is 12.7. The summed E-state index contributed by atoms with van der Waals surface area (Å²) < 4.78 is 27.8. The second kappa shape index (κ2) is 10.1. The zero-order chi connectivity index (χ0) is 20.7. The van der Waals surface area contributed by atoms with E-state index in [4.69, 9.17) is 23.7 Å². The monoisotopic (exact) mass is 452 g/mol. The van der Waals surface area contributed by atoms with E-state index in [2.05, 4.69) is 5.82 Å². The fourth-order valence-electron chi connectivity index (χ4n) is 2.69. The molecule has 0 N–H and O–H groups in total. The minimum atomic E-state index is -0.139. The molecule has 150 valence electrons. The van der Waals surface area contributed by atoms with E-state index in [-0.39, 0.29) is 20.7 Å². The van der Waals surface area contributed by atoms with Crippen LogP contribution >= 0.6 is 0 Å². The number of carbonyl (C=O) groups is 1. The Morgan fingerprint density at radius 3 is 1.79 bits per heavy atom. The Labute approximate surface area is 171 Å². The third kappa shape index (κ3) is 4.61. The Kier molecular flexibility index (Phi) is 7.79. The fourth-order valence-corrected chi connectivity index (χ4v) is 3.98. The summed E-state index contributed by atoms with van der Waals surface area (Å²) in [6.45, 7) is 0. The summed E-state index contributed by atoms with van der Waals surface area (Å²) in [6, 6.07) is 7.10. The van der Waals surface area contributed by atoms with Gasteiger partial charge in [-0.3, -0.25) is 0 Å². The van der Waals surface area contributed by atoms with Gasteiger partial charge in [-0.15, -0.1) is 0 Å². The van der Waals surface area contributed by atoms with Crippen LogP contribution in [0.5, 0.6) is 28.7 Å². The van der Waals surface area contributed by atoms with Crippen LogP contribution in [0.2, 0.25) is 5.82 Å². The third-order valence-electron chi connectivity index (χ3n) is 4.06. The van der Waals surface area contributed by atoms with Crippen LogP contribution in [0.4, 0.5) is 0 Å². The number of hydrogen-bond donors (Lipinski definition) is 0. The van der Waals surface area contributed by atoms with E-state index >= 15 is 0 Å². The number of hydrogen-bond acceptors (Lipinski definition) is 6. The number of ether oxygens (including phenoxy) is 5. The van der Waals surface area contributed by atoms with Crippen molar-refractivity contribution in [1.29, 1.82) is 0 Å². The van der Waals surface area contributed by atoms with Crippen molar-refractivity contribution in [2.45, 2.75) is 5.82 Å². The summed E-state index contributed by atoms with van der Waals surface area (Å²) in [7, 11) is 7.80. The topological polar surface area (TPSA) is 63.2 Å². The van der Waals surface area contributed by atoms with Crippen LogP contribution in [0.3, 0.4) is 0 Å². The van der Waals surface area contributed by atoms with E-state index in [0.29, 0.717) is 34.3 Å². The Hall–Kier alpha value is -2.63. The molecule has 0 radical (unpaired) electrons. The molecule has 0 aliphatic rings. The molecular formula is C21H24O6Se. The fraction of sp³-hybridized carbons (Fsp3) is 0.286. The van der Waals surface area contributed by atoms with Crippen LogP contribution in [-0.4, -0.2) is 56.3 Å². The van der Waals surface area contributed by atoms with Crippen molar-refractivity contribution in [3.05, 3.63) is 41.5 Å². The zero-order valence-electron chi connectivity index (χ0n) is 16.8. The van der Waals surface area contributed by atoms with Crippen LogP contribution in [0.25, 0.3) is 6.08 Å². The van der Waals surface area contributed by atoms with Crippen molar-refractivity contribution >= 4 is 31.3 Å². The Balaban J connectivity index is 2.38.